The highest BCUT2D eigenvalue weighted by Crippen LogP contribution is 2.23. The van der Waals surface area contributed by atoms with Crippen molar-refractivity contribution in [2.24, 2.45) is 0 Å². The average molecular weight is 341 g/mol. The zero-order chi connectivity index (χ0) is 13.8. The number of rotatable bonds is 4. The number of nitrogens with zero attached hydrogens (tertiary/aromatic N) is 1. The van der Waals surface area contributed by atoms with Gasteiger partial charge in [-0.2, -0.15) is 0 Å². The lowest BCUT2D eigenvalue weighted by atomic mass is 10.2. The Hall–Kier alpha value is -1.40. The number of thiazole rings is 1. The topological polar surface area (TPSA) is 51.2 Å². The summed E-state index contributed by atoms with van der Waals surface area (Å²) >= 11 is 4.95. The van der Waals surface area contributed by atoms with Gasteiger partial charge in [-0.3, -0.25) is 0 Å². The van der Waals surface area contributed by atoms with Crippen molar-refractivity contribution in [3.63, 3.8) is 0 Å². The van der Waals surface area contributed by atoms with Crippen LogP contribution in [0.3, 0.4) is 0 Å². The number of esters is 1. The number of aromatic nitrogens is 1. The molecule has 6 heteroatoms. The first-order valence-electron chi connectivity index (χ1n) is 5.62. The second kappa shape index (κ2) is 6.16. The van der Waals surface area contributed by atoms with Crippen LogP contribution in [0.1, 0.15) is 20.9 Å². The molecule has 0 fully saturated rings. The molecule has 0 atom stereocenters. The van der Waals surface area contributed by atoms with Crippen LogP contribution in [0.15, 0.2) is 28.2 Å². The van der Waals surface area contributed by atoms with Crippen molar-refractivity contribution >= 4 is 38.9 Å². The van der Waals surface area contributed by atoms with E-state index in [4.69, 9.17) is 4.74 Å². The van der Waals surface area contributed by atoms with Crippen LogP contribution in [0.2, 0.25) is 0 Å². The third kappa shape index (κ3) is 3.33. The summed E-state index contributed by atoms with van der Waals surface area (Å²) in [5, 5.41) is 3.28. The number of benzene rings is 1. The molecule has 0 radical (unpaired) electrons. The van der Waals surface area contributed by atoms with Crippen molar-refractivity contribution in [2.75, 3.05) is 12.4 Å². The van der Waals surface area contributed by atoms with Crippen LogP contribution < -0.4 is 5.32 Å². The summed E-state index contributed by atoms with van der Waals surface area (Å²) in [7, 11) is 1.37. The zero-order valence-corrected chi connectivity index (χ0v) is 13.0. The van der Waals surface area contributed by atoms with Gasteiger partial charge in [0.2, 0.25) is 0 Å². The molecule has 1 heterocycles. The largest absolute Gasteiger partial charge is 0.465 e. The molecule has 2 aromatic rings. The van der Waals surface area contributed by atoms with Gasteiger partial charge in [-0.1, -0.05) is 0 Å². The predicted molar refractivity (Wildman–Crippen MR) is 79.7 cm³/mol. The molecular formula is C13H13BrN2O2S. The first-order chi connectivity index (χ1) is 9.11. The summed E-state index contributed by atoms with van der Waals surface area (Å²) in [6.45, 7) is 2.67. The van der Waals surface area contributed by atoms with Gasteiger partial charge in [-0.05, 0) is 41.1 Å². The highest BCUT2D eigenvalue weighted by atomic mass is 79.9. The molecular weight excluding hydrogens is 328 g/mol. The predicted octanol–water partition coefficient (Wildman–Crippen LogP) is 3.61. The molecule has 0 aliphatic heterocycles. The van der Waals surface area contributed by atoms with Gasteiger partial charge in [0.1, 0.15) is 0 Å². The fourth-order valence-electron chi connectivity index (χ4n) is 1.58. The molecule has 2 rings (SSSR count). The lowest BCUT2D eigenvalue weighted by Crippen LogP contribution is -2.05. The standard InChI is InChI=1S/C13H13BrN2O2S/c1-8-12(19-7-16-8)6-15-9-3-4-11(14)10(5-9)13(17)18-2/h3-5,7,15H,6H2,1-2H3. The van der Waals surface area contributed by atoms with Gasteiger partial charge in [0, 0.05) is 15.0 Å². The van der Waals surface area contributed by atoms with Gasteiger partial charge in [-0.15, -0.1) is 11.3 Å². The summed E-state index contributed by atoms with van der Waals surface area (Å²) in [5.41, 5.74) is 4.24. The van der Waals surface area contributed by atoms with Crippen molar-refractivity contribution in [3.8, 4) is 0 Å². The van der Waals surface area contributed by atoms with E-state index in [0.717, 1.165) is 15.9 Å². The third-order valence-corrected chi connectivity index (χ3v) is 4.30. The van der Waals surface area contributed by atoms with Crippen LogP contribution in [-0.2, 0) is 11.3 Å². The molecule has 0 unspecified atom stereocenters. The Morgan fingerprint density at radius 2 is 2.32 bits per heavy atom. The smallest absolute Gasteiger partial charge is 0.339 e. The second-order valence-electron chi connectivity index (χ2n) is 3.90. The first kappa shape index (κ1) is 14.0. The van der Waals surface area contributed by atoms with Crippen molar-refractivity contribution in [3.05, 3.63) is 44.3 Å². The summed E-state index contributed by atoms with van der Waals surface area (Å²) in [5.74, 6) is -0.357. The molecule has 0 saturated carbocycles. The van der Waals surface area contributed by atoms with E-state index in [1.807, 2.05) is 24.6 Å². The number of aryl methyl sites for hydroxylation is 1. The van der Waals surface area contributed by atoms with E-state index in [1.165, 1.54) is 12.0 Å². The Bertz CT molecular complexity index is 598. The number of carbonyl (C=O) groups excluding carboxylic acids is 1. The normalized spacial score (nSPS) is 10.3. The van der Waals surface area contributed by atoms with Crippen molar-refractivity contribution in [2.45, 2.75) is 13.5 Å². The molecule has 1 N–H and O–H groups in total. The highest BCUT2D eigenvalue weighted by Gasteiger charge is 2.11. The van der Waals surface area contributed by atoms with Gasteiger partial charge in [0.15, 0.2) is 0 Å². The van der Waals surface area contributed by atoms with E-state index in [0.29, 0.717) is 12.1 Å². The lowest BCUT2D eigenvalue weighted by Gasteiger charge is -2.08. The molecule has 0 amide bonds. The summed E-state index contributed by atoms with van der Waals surface area (Å²) in [6, 6.07) is 5.51. The number of nitrogens with one attached hydrogen (secondary N) is 1. The van der Waals surface area contributed by atoms with E-state index in [1.54, 1.807) is 17.4 Å². The van der Waals surface area contributed by atoms with Crippen LogP contribution >= 0.6 is 27.3 Å². The summed E-state index contributed by atoms with van der Waals surface area (Å²) in [4.78, 5) is 17.0. The quantitative estimate of drug-likeness (QED) is 0.863. The van der Waals surface area contributed by atoms with Crippen molar-refractivity contribution < 1.29 is 9.53 Å². The number of hydrogen-bond donors (Lipinski definition) is 1. The molecule has 0 spiro atoms. The fourth-order valence-corrected chi connectivity index (χ4v) is 2.71. The Morgan fingerprint density at radius 3 is 2.95 bits per heavy atom. The average Bonchev–Trinajstić information content (AvgIpc) is 2.82. The van der Waals surface area contributed by atoms with Crippen LogP contribution in [0.5, 0.6) is 0 Å². The molecule has 0 saturated heterocycles. The lowest BCUT2D eigenvalue weighted by molar-refractivity contribution is 0.0600. The van der Waals surface area contributed by atoms with E-state index < -0.39 is 0 Å². The molecule has 4 nitrogen and oxygen atoms in total. The van der Waals surface area contributed by atoms with Crippen LogP contribution in [-0.4, -0.2) is 18.1 Å². The van der Waals surface area contributed by atoms with Crippen LogP contribution in [0.25, 0.3) is 0 Å². The van der Waals surface area contributed by atoms with Gasteiger partial charge in [0.25, 0.3) is 0 Å². The van der Waals surface area contributed by atoms with E-state index in [-0.39, 0.29) is 5.97 Å². The number of ether oxygens (including phenoxy) is 1. The van der Waals surface area contributed by atoms with Gasteiger partial charge in [-0.25, -0.2) is 9.78 Å². The van der Waals surface area contributed by atoms with Crippen LogP contribution in [0.4, 0.5) is 5.69 Å². The van der Waals surface area contributed by atoms with Crippen molar-refractivity contribution in [1.82, 2.24) is 4.98 Å². The van der Waals surface area contributed by atoms with Crippen molar-refractivity contribution in [1.29, 1.82) is 0 Å². The first-order valence-corrected chi connectivity index (χ1v) is 7.29. The van der Waals surface area contributed by atoms with E-state index in [9.17, 15) is 4.79 Å². The molecule has 0 aliphatic rings. The minimum absolute atomic E-state index is 0.357. The summed E-state index contributed by atoms with van der Waals surface area (Å²) < 4.78 is 5.46. The SMILES string of the molecule is COC(=O)c1cc(NCc2scnc2C)ccc1Br. The summed E-state index contributed by atoms with van der Waals surface area (Å²) in [6.07, 6.45) is 0. The number of carbonyl (C=O) groups is 1. The molecule has 100 valence electrons. The number of anilines is 1. The Morgan fingerprint density at radius 1 is 1.53 bits per heavy atom. The number of hydrogen-bond acceptors (Lipinski definition) is 5. The fraction of sp³-hybridized carbons (Fsp3) is 0.231. The van der Waals surface area contributed by atoms with Gasteiger partial charge >= 0.3 is 5.97 Å². The van der Waals surface area contributed by atoms with Gasteiger partial charge in [0.05, 0.1) is 30.4 Å². The zero-order valence-electron chi connectivity index (χ0n) is 10.6. The van der Waals surface area contributed by atoms with E-state index in [2.05, 4.69) is 26.2 Å². The third-order valence-electron chi connectivity index (χ3n) is 2.67. The molecule has 19 heavy (non-hydrogen) atoms. The Balaban J connectivity index is 2.13. The monoisotopic (exact) mass is 340 g/mol. The highest BCUT2D eigenvalue weighted by molar-refractivity contribution is 9.10. The minimum atomic E-state index is -0.357. The molecule has 1 aromatic carbocycles. The second-order valence-corrected chi connectivity index (χ2v) is 5.69. The van der Waals surface area contributed by atoms with Gasteiger partial charge < -0.3 is 10.1 Å². The number of halogens is 1. The molecule has 1 aromatic heterocycles. The number of methoxy groups -OCH3 is 1. The maximum Gasteiger partial charge on any atom is 0.339 e. The maximum absolute atomic E-state index is 11.6. The Kier molecular flexibility index (Phi) is 4.55. The molecule has 0 bridgehead atoms. The minimum Gasteiger partial charge on any atom is -0.465 e. The molecule has 0 aliphatic carbocycles. The van der Waals surface area contributed by atoms with Crippen LogP contribution in [0, 0.1) is 6.92 Å². The van der Waals surface area contributed by atoms with E-state index >= 15 is 0 Å². The Labute approximate surface area is 124 Å². The maximum atomic E-state index is 11.6.